The average Bonchev–Trinajstić information content (AvgIpc) is 1.41. The van der Waals surface area contributed by atoms with E-state index in [-0.39, 0.29) is 107 Å². The Hall–Kier alpha value is -6.08. The van der Waals surface area contributed by atoms with Crippen molar-refractivity contribution in [2.75, 3.05) is 24.6 Å². The SMILES string of the molecule is CC(CC(=O)N(CC(=O)O)Cc1ccccc1)SSCCC(=O)O[C@H]1CC[C@@]2(C)C(=CC[C@@H]3[C@@H]2CC[C@]2(C)C(c4cccnc4)=CC[C@@H]32)C1.CC(CC(=O)N(CC(=O)O)Cc1ccccc1)SSCCC(=O)O[C@H]1CC[C@@]2(C)C(=CC[C@@H]3[C@@H]2CC[C@]2(C)C(c4cccnc4)=CC[C@@H]32)C1. The molecule has 14 nitrogen and oxygen atoms in total. The Morgan fingerprint density at radius 1 is 0.510 bits per heavy atom. The molecule has 12 rings (SSSR count). The summed E-state index contributed by atoms with van der Waals surface area (Å²) in [4.78, 5) is 86.1. The minimum Gasteiger partial charge on any atom is -0.480 e. The van der Waals surface area contributed by atoms with Crippen LogP contribution in [-0.2, 0) is 51.3 Å². The maximum absolute atomic E-state index is 12.9. The number of rotatable bonds is 26. The molecule has 2 aromatic carbocycles. The van der Waals surface area contributed by atoms with Gasteiger partial charge in [0.05, 0.1) is 12.8 Å². The Morgan fingerprint density at radius 2 is 0.908 bits per heavy atom. The zero-order chi connectivity index (χ0) is 69.2. The lowest BCUT2D eigenvalue weighted by atomic mass is 9.47. The molecule has 0 bridgehead atoms. The van der Waals surface area contributed by atoms with E-state index in [9.17, 15) is 39.0 Å². The maximum Gasteiger partial charge on any atom is 0.323 e. The first-order chi connectivity index (χ1) is 47.1. The third kappa shape index (κ3) is 17.1. The Morgan fingerprint density at radius 3 is 1.29 bits per heavy atom. The van der Waals surface area contributed by atoms with E-state index in [2.05, 4.69) is 86.2 Å². The molecule has 2 amide bonds. The lowest BCUT2D eigenvalue weighted by molar-refractivity contribution is -0.151. The second kappa shape index (κ2) is 32.7. The van der Waals surface area contributed by atoms with Gasteiger partial charge in [-0.2, -0.15) is 0 Å². The lowest BCUT2D eigenvalue weighted by Crippen LogP contribution is -2.50. The van der Waals surface area contributed by atoms with E-state index in [1.54, 1.807) is 43.2 Å². The second-order valence-electron chi connectivity index (χ2n) is 30.0. The number of hydrogen-bond acceptors (Lipinski definition) is 14. The highest BCUT2D eigenvalue weighted by Crippen LogP contribution is 2.68. The van der Waals surface area contributed by atoms with Crippen molar-refractivity contribution in [3.05, 3.63) is 167 Å². The molecule has 14 atom stereocenters. The monoisotopic (exact) mass is 1400 g/mol. The molecular weight excluding hydrogens is 1310 g/mol. The van der Waals surface area contributed by atoms with Crippen LogP contribution in [0.1, 0.15) is 179 Å². The van der Waals surface area contributed by atoms with Crippen LogP contribution in [-0.4, -0.2) is 113 Å². The third-order valence-electron chi connectivity index (χ3n) is 23.8. The highest BCUT2D eigenvalue weighted by molar-refractivity contribution is 8.77. The van der Waals surface area contributed by atoms with Crippen LogP contribution in [0.4, 0.5) is 0 Å². The van der Waals surface area contributed by atoms with Crippen molar-refractivity contribution >= 4 is 90.0 Å². The van der Waals surface area contributed by atoms with Gasteiger partial charge in [-0.1, -0.05) is 193 Å². The fraction of sp³-hybridized carbons (Fsp3) is 0.550. The molecule has 0 aliphatic heterocycles. The number of hydrogen-bond donors (Lipinski definition) is 2. The van der Waals surface area contributed by atoms with E-state index in [1.807, 2.05) is 99.3 Å². The van der Waals surface area contributed by atoms with Gasteiger partial charge in [-0.15, -0.1) is 0 Å². The molecule has 4 aromatic rings. The minimum absolute atomic E-state index is 0.0155. The van der Waals surface area contributed by atoms with Gasteiger partial charge >= 0.3 is 23.9 Å². The first-order valence-corrected chi connectivity index (χ1v) is 40.5. The number of benzene rings is 2. The van der Waals surface area contributed by atoms with E-state index in [0.717, 1.165) is 75.3 Å². The molecule has 0 radical (unpaired) electrons. The van der Waals surface area contributed by atoms with E-state index < -0.39 is 11.9 Å². The van der Waals surface area contributed by atoms with Gasteiger partial charge in [0.2, 0.25) is 11.8 Å². The number of aromatic nitrogens is 2. The number of aliphatic carboxylic acids is 2. The van der Waals surface area contributed by atoms with E-state index in [4.69, 9.17) is 9.47 Å². The van der Waals surface area contributed by atoms with Crippen molar-refractivity contribution in [3.8, 4) is 0 Å². The molecule has 18 heteroatoms. The van der Waals surface area contributed by atoms with Crippen LogP contribution in [0.25, 0.3) is 11.1 Å². The predicted octanol–water partition coefficient (Wildman–Crippen LogP) is 17.2. The summed E-state index contributed by atoms with van der Waals surface area (Å²) in [7, 11) is 6.26. The van der Waals surface area contributed by atoms with Gasteiger partial charge in [-0.25, -0.2) is 0 Å². The Labute approximate surface area is 596 Å². The molecular formula is C80H100N4O10S4. The first kappa shape index (κ1) is 73.1. The van der Waals surface area contributed by atoms with Crippen LogP contribution in [0.5, 0.6) is 0 Å². The van der Waals surface area contributed by atoms with Gasteiger partial charge in [0.25, 0.3) is 0 Å². The fourth-order valence-electron chi connectivity index (χ4n) is 18.8. The standard InChI is InChI=1S/2C40H50N2O5S2/c2*1-27(22-36(43)42(26-37(44)45)25-28-8-5-4-6-9-28)49-48-21-17-38(46)47-31-15-18-39(2)30(23-31)11-12-32-34-14-13-33(29-10-7-20-41-24-29)40(34,3)19-16-35(32)39/h2*4-11,13,20,24,27,31-32,34-35H,12,14-19,21-23,25-26H2,1-3H3,(H,44,45)/t2*27?,31-,32-,34-,35-,39-,40+/m00/s1. The maximum atomic E-state index is 12.9. The molecule has 0 spiro atoms. The summed E-state index contributed by atoms with van der Waals surface area (Å²) in [5, 5.41) is 18.6. The van der Waals surface area contributed by atoms with Crippen molar-refractivity contribution < 1.29 is 48.5 Å². The first-order valence-electron chi connectivity index (χ1n) is 35.8. The summed E-state index contributed by atoms with van der Waals surface area (Å²) < 4.78 is 12.1. The molecule has 4 fully saturated rings. The van der Waals surface area contributed by atoms with Crippen LogP contribution >= 0.6 is 43.2 Å². The Balaban J connectivity index is 0.000000198. The highest BCUT2D eigenvalue weighted by atomic mass is 33.1. The summed E-state index contributed by atoms with van der Waals surface area (Å²) in [5.41, 5.74) is 11.2. The number of pyridine rings is 2. The van der Waals surface area contributed by atoms with E-state index in [1.165, 1.54) is 68.9 Å². The molecule has 4 saturated carbocycles. The van der Waals surface area contributed by atoms with Gasteiger partial charge in [-0.05, 0) is 180 Å². The minimum atomic E-state index is -1.03. The summed E-state index contributed by atoms with van der Waals surface area (Å²) in [5.74, 6) is 2.57. The van der Waals surface area contributed by atoms with Crippen LogP contribution in [0, 0.1) is 57.2 Å². The zero-order valence-electron chi connectivity index (χ0n) is 58.0. The Bertz CT molecular complexity index is 3360. The highest BCUT2D eigenvalue weighted by Gasteiger charge is 2.59. The van der Waals surface area contributed by atoms with Crippen LogP contribution < -0.4 is 0 Å². The number of carbonyl (C=O) groups excluding carboxylic acids is 4. The van der Waals surface area contributed by atoms with Gasteiger partial charge < -0.3 is 29.5 Å². The van der Waals surface area contributed by atoms with Crippen molar-refractivity contribution in [1.29, 1.82) is 0 Å². The molecule has 524 valence electrons. The number of nitrogens with zero attached hydrogens (tertiary/aromatic N) is 4. The van der Waals surface area contributed by atoms with Gasteiger partial charge in [0.1, 0.15) is 25.3 Å². The predicted molar refractivity (Wildman–Crippen MR) is 395 cm³/mol. The van der Waals surface area contributed by atoms with Crippen molar-refractivity contribution in [1.82, 2.24) is 19.8 Å². The molecule has 0 saturated heterocycles. The smallest absolute Gasteiger partial charge is 0.323 e. The Kier molecular flexibility index (Phi) is 24.4. The molecule has 2 unspecified atom stereocenters. The molecule has 2 N–H and O–H groups in total. The third-order valence-corrected chi connectivity index (χ3v) is 29.6. The normalized spacial score (nSPS) is 29.4. The number of carbonyl (C=O) groups is 6. The van der Waals surface area contributed by atoms with Crippen LogP contribution in [0.2, 0.25) is 0 Å². The second-order valence-corrected chi connectivity index (χ2v) is 35.8. The molecule has 8 aliphatic carbocycles. The van der Waals surface area contributed by atoms with E-state index >= 15 is 0 Å². The summed E-state index contributed by atoms with van der Waals surface area (Å²) in [6.07, 6.45) is 34.0. The summed E-state index contributed by atoms with van der Waals surface area (Å²) in [6.45, 7) is 13.8. The van der Waals surface area contributed by atoms with Crippen molar-refractivity contribution in [3.63, 3.8) is 0 Å². The van der Waals surface area contributed by atoms with E-state index in [0.29, 0.717) is 59.9 Å². The largest absolute Gasteiger partial charge is 0.480 e. The molecule has 98 heavy (non-hydrogen) atoms. The van der Waals surface area contributed by atoms with Gasteiger partial charge in [0.15, 0.2) is 0 Å². The number of fused-ring (bicyclic) bond motifs is 10. The number of allylic oxidation sites excluding steroid dienone is 6. The van der Waals surface area contributed by atoms with Crippen LogP contribution in [0.15, 0.2) is 145 Å². The number of ether oxygens (including phenoxy) is 2. The average molecular weight is 1410 g/mol. The molecule has 8 aliphatic rings. The molecule has 2 heterocycles. The van der Waals surface area contributed by atoms with Crippen LogP contribution in [0.3, 0.4) is 0 Å². The quantitative estimate of drug-likeness (QED) is 0.0261. The fourth-order valence-corrected chi connectivity index (χ4v) is 23.3. The summed E-state index contributed by atoms with van der Waals surface area (Å²) >= 11 is 0. The summed E-state index contributed by atoms with van der Waals surface area (Å²) in [6, 6.07) is 27.4. The number of carboxylic acids is 2. The van der Waals surface area contributed by atoms with Crippen molar-refractivity contribution in [2.45, 2.75) is 193 Å². The van der Waals surface area contributed by atoms with Gasteiger partial charge in [-0.3, -0.25) is 38.7 Å². The zero-order valence-corrected chi connectivity index (χ0v) is 61.3. The number of amides is 2. The van der Waals surface area contributed by atoms with Gasteiger partial charge in [0, 0.05) is 85.6 Å². The lowest BCUT2D eigenvalue weighted by Gasteiger charge is -2.57. The number of carboxylic acid groups (broad SMARTS) is 2. The number of esters is 2. The molecule has 2 aromatic heterocycles. The topological polar surface area (TPSA) is 194 Å². The van der Waals surface area contributed by atoms with Crippen molar-refractivity contribution in [2.24, 2.45) is 57.2 Å².